The number of nitrogens with one attached hydrogen (secondary N) is 1. The first kappa shape index (κ1) is 11.2. The fraction of sp³-hybridized carbons (Fsp3) is 0.200. The number of carbonyl (C=O) groups excluding carboxylic acids is 2. The van der Waals surface area contributed by atoms with E-state index in [0.717, 1.165) is 5.01 Å². The van der Waals surface area contributed by atoms with Gasteiger partial charge in [0.25, 0.3) is 5.91 Å². The lowest BCUT2D eigenvalue weighted by atomic mass is 10.3. The second-order valence-corrected chi connectivity index (χ2v) is 2.73. The van der Waals surface area contributed by atoms with Crippen molar-refractivity contribution in [1.82, 2.24) is 5.43 Å². The summed E-state index contributed by atoms with van der Waals surface area (Å²) in [4.78, 5) is 21.7. The normalized spacial score (nSPS) is 9.40. The smallest absolute Gasteiger partial charge is 0.337 e. The molecule has 0 fully saturated rings. The van der Waals surface area contributed by atoms with Gasteiger partial charge in [-0.3, -0.25) is 15.0 Å². The maximum atomic E-state index is 11.1. The average Bonchev–Trinajstić information content (AvgIpc) is 2.27. The van der Waals surface area contributed by atoms with E-state index in [1.54, 1.807) is 30.7 Å². The number of benzene rings is 1. The summed E-state index contributed by atoms with van der Waals surface area (Å²) in [6.07, 6.45) is 1.60. The molecule has 5 nitrogen and oxygen atoms in total. The number of rotatable bonds is 5. The molecule has 1 aromatic rings. The molecule has 0 saturated carbocycles. The number of carbonyl (C=O) groups is 1. The van der Waals surface area contributed by atoms with Crippen LogP contribution in [0.4, 0.5) is 5.69 Å². The molecule has 1 N–H and O–H groups in total. The third kappa shape index (κ3) is 3.40. The van der Waals surface area contributed by atoms with E-state index >= 15 is 0 Å². The van der Waals surface area contributed by atoms with Gasteiger partial charge in [0.15, 0.2) is 0 Å². The molecule has 0 spiro atoms. The summed E-state index contributed by atoms with van der Waals surface area (Å²) in [7, 11) is 1.40. The Morgan fingerprint density at radius 2 is 2.13 bits per heavy atom. The first-order chi connectivity index (χ1) is 7.27. The number of hydrogen-bond acceptors (Lipinski definition) is 3. The highest BCUT2D eigenvalue weighted by Crippen LogP contribution is 2.08. The molecular formula is C10H11N2O3. The van der Waals surface area contributed by atoms with Crippen molar-refractivity contribution in [3.05, 3.63) is 30.3 Å². The van der Waals surface area contributed by atoms with E-state index in [1.165, 1.54) is 7.11 Å². The van der Waals surface area contributed by atoms with Gasteiger partial charge in [-0.15, -0.1) is 0 Å². The third-order valence-electron chi connectivity index (χ3n) is 1.62. The first-order valence-electron chi connectivity index (χ1n) is 4.29. The lowest BCUT2D eigenvalue weighted by Gasteiger charge is -2.16. The highest BCUT2D eigenvalue weighted by atomic mass is 16.5. The summed E-state index contributed by atoms with van der Waals surface area (Å²) < 4.78 is 4.62. The molecule has 79 valence electrons. The van der Waals surface area contributed by atoms with Gasteiger partial charge in [-0.25, -0.2) is 5.01 Å². The van der Waals surface area contributed by atoms with Crippen molar-refractivity contribution in [2.75, 3.05) is 18.7 Å². The Balaban J connectivity index is 2.65. The molecule has 0 saturated heterocycles. The van der Waals surface area contributed by atoms with Crippen LogP contribution in [0.1, 0.15) is 0 Å². The van der Waals surface area contributed by atoms with Crippen LogP contribution in [-0.4, -0.2) is 26.0 Å². The van der Waals surface area contributed by atoms with Crippen LogP contribution in [0.3, 0.4) is 0 Å². The Hall–Kier alpha value is -1.88. The van der Waals surface area contributed by atoms with Gasteiger partial charge in [-0.1, -0.05) is 18.2 Å². The molecule has 0 unspecified atom stereocenters. The number of amides is 2. The predicted molar refractivity (Wildman–Crippen MR) is 54.6 cm³/mol. The van der Waals surface area contributed by atoms with E-state index < -0.39 is 5.91 Å². The molecule has 15 heavy (non-hydrogen) atoms. The van der Waals surface area contributed by atoms with Crippen LogP contribution in [0, 0.1) is 0 Å². The number of para-hydroxylation sites is 1. The molecule has 0 bridgehead atoms. The Morgan fingerprint density at radius 1 is 1.47 bits per heavy atom. The highest BCUT2D eigenvalue weighted by molar-refractivity contribution is 5.85. The maximum Gasteiger partial charge on any atom is 0.337 e. The molecular weight excluding hydrogens is 196 g/mol. The number of nitrogens with zero attached hydrogens (tertiary/aromatic N) is 1. The minimum atomic E-state index is -0.412. The van der Waals surface area contributed by atoms with Gasteiger partial charge < -0.3 is 4.74 Å². The number of ether oxygens (including phenoxy) is 1. The first-order valence-corrected chi connectivity index (χ1v) is 4.29. The average molecular weight is 207 g/mol. The standard InChI is InChI=1S/C10H11N2O3/c1-15-7-10(14)11-12(8-13)9-5-3-2-4-6-9/h2-6H,7H2,1H3,(H,11,14). The molecule has 5 heteroatoms. The summed E-state index contributed by atoms with van der Waals surface area (Å²) in [5.41, 5.74) is 2.87. The summed E-state index contributed by atoms with van der Waals surface area (Å²) in [5.74, 6) is -0.412. The van der Waals surface area contributed by atoms with Crippen molar-refractivity contribution >= 4 is 18.0 Å². The van der Waals surface area contributed by atoms with Crippen molar-refractivity contribution in [3.8, 4) is 0 Å². The van der Waals surface area contributed by atoms with E-state index in [2.05, 4.69) is 10.2 Å². The van der Waals surface area contributed by atoms with Gasteiger partial charge in [0.2, 0.25) is 0 Å². The fourth-order valence-corrected chi connectivity index (χ4v) is 1.01. The van der Waals surface area contributed by atoms with E-state index in [0.29, 0.717) is 5.69 Å². The fourth-order valence-electron chi connectivity index (χ4n) is 1.01. The molecule has 0 aliphatic carbocycles. The number of methoxy groups -OCH3 is 1. The van der Waals surface area contributed by atoms with Crippen molar-refractivity contribution in [1.29, 1.82) is 0 Å². The van der Waals surface area contributed by atoms with Gasteiger partial charge in [-0.05, 0) is 12.1 Å². The number of anilines is 1. The van der Waals surface area contributed by atoms with Gasteiger partial charge >= 0.3 is 6.41 Å². The van der Waals surface area contributed by atoms with E-state index in [4.69, 9.17) is 0 Å². The van der Waals surface area contributed by atoms with Gasteiger partial charge in [0.1, 0.15) is 6.61 Å². The number of hydrazine groups is 1. The van der Waals surface area contributed by atoms with E-state index in [1.807, 2.05) is 6.07 Å². The lowest BCUT2D eigenvalue weighted by molar-refractivity contribution is -0.124. The molecule has 1 rings (SSSR count). The summed E-state index contributed by atoms with van der Waals surface area (Å²) in [5, 5.41) is 0.974. The molecule has 1 aromatic carbocycles. The third-order valence-corrected chi connectivity index (χ3v) is 1.62. The van der Waals surface area contributed by atoms with Gasteiger partial charge in [-0.2, -0.15) is 0 Å². The summed E-state index contributed by atoms with van der Waals surface area (Å²) in [6, 6.07) is 8.67. The zero-order chi connectivity index (χ0) is 11.1. The van der Waals surface area contributed by atoms with E-state index in [9.17, 15) is 9.59 Å². The minimum absolute atomic E-state index is 0.106. The molecule has 0 aliphatic rings. The van der Waals surface area contributed by atoms with Crippen molar-refractivity contribution in [2.24, 2.45) is 0 Å². The molecule has 0 atom stereocenters. The Kier molecular flexibility index (Phi) is 4.30. The summed E-state index contributed by atoms with van der Waals surface area (Å²) in [6.45, 7) is -0.106. The van der Waals surface area contributed by atoms with Crippen LogP contribution < -0.4 is 10.4 Å². The Labute approximate surface area is 87.6 Å². The lowest BCUT2D eigenvalue weighted by Crippen LogP contribution is -2.43. The summed E-state index contributed by atoms with van der Waals surface area (Å²) >= 11 is 0. The van der Waals surface area contributed by atoms with Crippen LogP contribution in [0.5, 0.6) is 0 Å². The molecule has 0 aliphatic heterocycles. The van der Waals surface area contributed by atoms with Crippen molar-refractivity contribution in [3.63, 3.8) is 0 Å². The monoisotopic (exact) mass is 207 g/mol. The topological polar surface area (TPSA) is 58.6 Å². The zero-order valence-corrected chi connectivity index (χ0v) is 8.27. The van der Waals surface area contributed by atoms with Gasteiger partial charge in [0.05, 0.1) is 5.69 Å². The van der Waals surface area contributed by atoms with Crippen LogP contribution in [0.2, 0.25) is 0 Å². The van der Waals surface area contributed by atoms with Crippen LogP contribution in [-0.2, 0) is 14.3 Å². The maximum absolute atomic E-state index is 11.1. The van der Waals surface area contributed by atoms with Crippen LogP contribution >= 0.6 is 0 Å². The van der Waals surface area contributed by atoms with E-state index in [-0.39, 0.29) is 6.61 Å². The Morgan fingerprint density at radius 3 is 2.67 bits per heavy atom. The minimum Gasteiger partial charge on any atom is -0.375 e. The second-order valence-electron chi connectivity index (χ2n) is 2.73. The molecule has 0 heterocycles. The zero-order valence-electron chi connectivity index (χ0n) is 8.27. The van der Waals surface area contributed by atoms with Crippen LogP contribution in [0.25, 0.3) is 0 Å². The highest BCUT2D eigenvalue weighted by Gasteiger charge is 2.09. The van der Waals surface area contributed by atoms with Crippen molar-refractivity contribution < 1.29 is 14.3 Å². The van der Waals surface area contributed by atoms with Crippen molar-refractivity contribution in [2.45, 2.75) is 0 Å². The number of hydrogen-bond donors (Lipinski definition) is 1. The molecule has 0 aromatic heterocycles. The quantitative estimate of drug-likeness (QED) is 0.555. The molecule has 2 amide bonds. The van der Waals surface area contributed by atoms with Gasteiger partial charge in [0, 0.05) is 7.11 Å². The largest absolute Gasteiger partial charge is 0.375 e. The SMILES string of the molecule is COCC(=O)NN([C]=O)c1ccccc1. The second kappa shape index (κ2) is 5.77. The van der Waals surface area contributed by atoms with Crippen LogP contribution in [0.15, 0.2) is 30.3 Å². The molecule has 1 radical (unpaired) electrons. The predicted octanol–water partition coefficient (Wildman–Crippen LogP) is 0.238. The Bertz CT molecular complexity index is 327.